The lowest BCUT2D eigenvalue weighted by Gasteiger charge is -2.09. The minimum atomic E-state index is -0.195. The normalized spacial score (nSPS) is 10.6. The number of ether oxygens (including phenoxy) is 1. The van der Waals surface area contributed by atoms with Gasteiger partial charge in [0.05, 0.1) is 5.69 Å². The van der Waals surface area contributed by atoms with Gasteiger partial charge >= 0.3 is 0 Å². The lowest BCUT2D eigenvalue weighted by atomic mass is 10.2. The molecular formula is C17H17N3O2. The Bertz CT molecular complexity index is 824. The third-order valence-electron chi connectivity index (χ3n) is 3.35. The highest BCUT2D eigenvalue weighted by atomic mass is 16.5. The van der Waals surface area contributed by atoms with Crippen LogP contribution in [-0.2, 0) is 4.79 Å². The van der Waals surface area contributed by atoms with Crippen LogP contribution in [0, 0.1) is 13.8 Å². The molecule has 5 nitrogen and oxygen atoms in total. The predicted molar refractivity (Wildman–Crippen MR) is 85.2 cm³/mol. The Hall–Kier alpha value is -2.82. The number of carbonyl (C=O) groups excluding carboxylic acids is 1. The molecular weight excluding hydrogens is 278 g/mol. The first-order valence-corrected chi connectivity index (χ1v) is 7.06. The number of hydrogen-bond acceptors (Lipinski definition) is 3. The second-order valence-electron chi connectivity index (χ2n) is 5.14. The summed E-state index contributed by atoms with van der Waals surface area (Å²) in [6.07, 6.45) is 3.81. The lowest BCUT2D eigenvalue weighted by molar-refractivity contribution is -0.118. The Morgan fingerprint density at radius 1 is 1.23 bits per heavy atom. The zero-order chi connectivity index (χ0) is 15.5. The van der Waals surface area contributed by atoms with Gasteiger partial charge < -0.3 is 14.5 Å². The lowest BCUT2D eigenvalue weighted by Crippen LogP contribution is -2.20. The summed E-state index contributed by atoms with van der Waals surface area (Å²) in [4.78, 5) is 16.4. The van der Waals surface area contributed by atoms with Gasteiger partial charge in [0.15, 0.2) is 18.0 Å². The summed E-state index contributed by atoms with van der Waals surface area (Å²) in [6.45, 7) is 3.81. The summed E-state index contributed by atoms with van der Waals surface area (Å²) in [5.74, 6) is 0.398. The van der Waals surface area contributed by atoms with Crippen molar-refractivity contribution in [3.63, 3.8) is 0 Å². The molecule has 3 aromatic rings. The number of aryl methyl sites for hydroxylation is 2. The predicted octanol–water partition coefficient (Wildman–Crippen LogP) is 2.97. The van der Waals surface area contributed by atoms with Crippen molar-refractivity contribution in [1.82, 2.24) is 9.38 Å². The molecule has 0 fully saturated rings. The molecule has 0 unspecified atom stereocenters. The van der Waals surface area contributed by atoms with Crippen molar-refractivity contribution in [2.75, 3.05) is 11.9 Å². The third-order valence-corrected chi connectivity index (χ3v) is 3.35. The topological polar surface area (TPSA) is 55.6 Å². The van der Waals surface area contributed by atoms with E-state index in [1.54, 1.807) is 0 Å². The molecule has 0 atom stereocenters. The molecule has 1 aromatic carbocycles. The Labute approximate surface area is 128 Å². The van der Waals surface area contributed by atoms with Crippen LogP contribution in [0.25, 0.3) is 5.65 Å². The summed E-state index contributed by atoms with van der Waals surface area (Å²) in [5, 5.41) is 2.84. The van der Waals surface area contributed by atoms with Gasteiger partial charge in [-0.25, -0.2) is 4.98 Å². The number of aromatic nitrogens is 2. The molecule has 1 amide bonds. The number of pyridine rings is 1. The molecule has 0 saturated heterocycles. The second kappa shape index (κ2) is 5.89. The Morgan fingerprint density at radius 2 is 2.05 bits per heavy atom. The molecule has 3 rings (SSSR count). The van der Waals surface area contributed by atoms with Crippen LogP contribution in [0.1, 0.15) is 11.3 Å². The number of fused-ring (bicyclic) bond motifs is 1. The Kier molecular flexibility index (Phi) is 3.78. The van der Waals surface area contributed by atoms with Gasteiger partial charge in [-0.15, -0.1) is 0 Å². The summed E-state index contributed by atoms with van der Waals surface area (Å²) in [7, 11) is 0. The summed E-state index contributed by atoms with van der Waals surface area (Å²) in [6, 6.07) is 11.3. The maximum absolute atomic E-state index is 12.0. The van der Waals surface area contributed by atoms with Gasteiger partial charge in [0.2, 0.25) is 0 Å². The molecule has 2 heterocycles. The van der Waals surface area contributed by atoms with Crippen LogP contribution in [-0.4, -0.2) is 21.9 Å². The number of imidazole rings is 1. The van der Waals surface area contributed by atoms with Crippen molar-refractivity contribution in [1.29, 1.82) is 0 Å². The van der Waals surface area contributed by atoms with E-state index in [9.17, 15) is 4.79 Å². The van der Waals surface area contributed by atoms with Crippen LogP contribution in [0.4, 0.5) is 5.69 Å². The van der Waals surface area contributed by atoms with E-state index in [2.05, 4.69) is 10.3 Å². The van der Waals surface area contributed by atoms with Crippen molar-refractivity contribution in [2.24, 2.45) is 0 Å². The smallest absolute Gasteiger partial charge is 0.262 e. The molecule has 5 heteroatoms. The quantitative estimate of drug-likeness (QED) is 0.805. The number of anilines is 1. The first kappa shape index (κ1) is 14.1. The molecule has 112 valence electrons. The molecule has 0 radical (unpaired) electrons. The highest BCUT2D eigenvalue weighted by Gasteiger charge is 2.09. The van der Waals surface area contributed by atoms with E-state index in [1.807, 2.05) is 67.0 Å². The summed E-state index contributed by atoms with van der Waals surface area (Å²) in [5.41, 5.74) is 3.43. The fraction of sp³-hybridized carbons (Fsp3) is 0.176. The van der Waals surface area contributed by atoms with Gasteiger partial charge in [0.25, 0.3) is 5.91 Å². The Morgan fingerprint density at radius 3 is 2.86 bits per heavy atom. The van der Waals surface area contributed by atoms with Crippen LogP contribution in [0.5, 0.6) is 5.75 Å². The summed E-state index contributed by atoms with van der Waals surface area (Å²) < 4.78 is 7.49. The molecule has 0 saturated carbocycles. The number of nitrogens with zero attached hydrogens (tertiary/aromatic N) is 2. The number of carbonyl (C=O) groups is 1. The molecule has 2 aromatic heterocycles. The van der Waals surface area contributed by atoms with Crippen molar-refractivity contribution in [2.45, 2.75) is 13.8 Å². The monoisotopic (exact) mass is 295 g/mol. The molecule has 0 aliphatic carbocycles. The number of nitrogens with one attached hydrogen (secondary N) is 1. The maximum atomic E-state index is 12.0. The van der Waals surface area contributed by atoms with Crippen LogP contribution in [0.3, 0.4) is 0 Å². The minimum absolute atomic E-state index is 0.0556. The fourth-order valence-electron chi connectivity index (χ4n) is 2.27. The molecule has 0 bridgehead atoms. The number of amides is 1. The van der Waals surface area contributed by atoms with E-state index in [0.717, 1.165) is 16.9 Å². The zero-order valence-electron chi connectivity index (χ0n) is 12.5. The average molecular weight is 295 g/mol. The largest absolute Gasteiger partial charge is 0.480 e. The van der Waals surface area contributed by atoms with Gasteiger partial charge in [-0.05, 0) is 37.6 Å². The first-order valence-electron chi connectivity index (χ1n) is 7.06. The van der Waals surface area contributed by atoms with E-state index in [-0.39, 0.29) is 12.5 Å². The van der Waals surface area contributed by atoms with Gasteiger partial charge in [0, 0.05) is 18.1 Å². The highest BCUT2D eigenvalue weighted by molar-refractivity contribution is 5.92. The maximum Gasteiger partial charge on any atom is 0.262 e. The summed E-state index contributed by atoms with van der Waals surface area (Å²) >= 11 is 0. The van der Waals surface area contributed by atoms with Gasteiger partial charge in [-0.1, -0.05) is 18.2 Å². The van der Waals surface area contributed by atoms with Crippen LogP contribution in [0.15, 0.2) is 48.8 Å². The SMILES string of the molecule is Cc1cn2cccc(OCC(=O)Nc3ccccc3C)c2n1. The first-order chi connectivity index (χ1) is 10.6. The zero-order valence-corrected chi connectivity index (χ0v) is 12.5. The second-order valence-corrected chi connectivity index (χ2v) is 5.14. The third kappa shape index (κ3) is 2.93. The highest BCUT2D eigenvalue weighted by Crippen LogP contribution is 2.19. The van der Waals surface area contributed by atoms with Gasteiger partial charge in [-0.2, -0.15) is 0 Å². The molecule has 1 N–H and O–H groups in total. The van der Waals surface area contributed by atoms with E-state index >= 15 is 0 Å². The average Bonchev–Trinajstić information content (AvgIpc) is 2.88. The molecule has 0 spiro atoms. The molecule has 22 heavy (non-hydrogen) atoms. The van der Waals surface area contributed by atoms with Gasteiger partial charge in [0.1, 0.15) is 0 Å². The minimum Gasteiger partial charge on any atom is -0.480 e. The number of para-hydroxylation sites is 1. The van der Waals surface area contributed by atoms with Crippen LogP contribution in [0.2, 0.25) is 0 Å². The number of rotatable bonds is 4. The van der Waals surface area contributed by atoms with Crippen molar-refractivity contribution in [3.8, 4) is 5.75 Å². The van der Waals surface area contributed by atoms with E-state index in [1.165, 1.54) is 0 Å². The number of benzene rings is 1. The Balaban J connectivity index is 1.69. The molecule has 0 aliphatic heterocycles. The van der Waals surface area contributed by atoms with Crippen LogP contribution >= 0.6 is 0 Å². The van der Waals surface area contributed by atoms with Crippen LogP contribution < -0.4 is 10.1 Å². The van der Waals surface area contributed by atoms with E-state index < -0.39 is 0 Å². The van der Waals surface area contributed by atoms with Crippen molar-refractivity contribution in [3.05, 3.63) is 60.0 Å². The standard InChI is InChI=1S/C17H17N3O2/c1-12-6-3-4-7-14(12)19-16(21)11-22-15-8-5-9-20-10-13(2)18-17(15)20/h3-10H,11H2,1-2H3,(H,19,21). The van der Waals surface area contributed by atoms with E-state index in [0.29, 0.717) is 11.4 Å². The van der Waals surface area contributed by atoms with Crippen molar-refractivity contribution >= 4 is 17.2 Å². The van der Waals surface area contributed by atoms with Crippen molar-refractivity contribution < 1.29 is 9.53 Å². The number of hydrogen-bond donors (Lipinski definition) is 1. The van der Waals surface area contributed by atoms with E-state index in [4.69, 9.17) is 4.74 Å². The fourth-order valence-corrected chi connectivity index (χ4v) is 2.27. The molecule has 0 aliphatic rings. The van der Waals surface area contributed by atoms with Gasteiger partial charge in [-0.3, -0.25) is 4.79 Å².